The first-order valence-electron chi connectivity index (χ1n) is 6.39. The topological polar surface area (TPSA) is 26.0 Å². The van der Waals surface area contributed by atoms with Crippen molar-refractivity contribution in [2.24, 2.45) is 5.73 Å². The Hall–Kier alpha value is -1.38. The fraction of sp³-hybridized carbons (Fsp3) is 0.250. The average Bonchev–Trinajstić information content (AvgIpc) is 2.43. The summed E-state index contributed by atoms with van der Waals surface area (Å²) in [7, 11) is 0. The number of rotatable bonds is 4. The smallest absolute Gasteiger partial charge is 0.141 e. The summed E-state index contributed by atoms with van der Waals surface area (Å²) >= 11 is 5.79. The van der Waals surface area contributed by atoms with Crippen LogP contribution in [0.15, 0.2) is 42.5 Å². The number of benzene rings is 2. The molecular formula is C16H17ClFN. The molecule has 0 amide bonds. The summed E-state index contributed by atoms with van der Waals surface area (Å²) in [6.45, 7) is 2.11. The van der Waals surface area contributed by atoms with Crippen LogP contribution in [0, 0.1) is 5.82 Å². The molecule has 2 rings (SSSR count). The molecule has 19 heavy (non-hydrogen) atoms. The molecule has 1 atom stereocenters. The van der Waals surface area contributed by atoms with Gasteiger partial charge in [-0.2, -0.15) is 0 Å². The molecular weight excluding hydrogens is 261 g/mol. The molecule has 0 bridgehead atoms. The lowest BCUT2D eigenvalue weighted by atomic mass is 9.94. The standard InChI is InChI=1S/C16H17ClFN/c1-2-12-5-3-4-6-13(12)16(19)10-11-7-8-15(18)14(17)9-11/h3-9,16H,2,10,19H2,1H3. The van der Waals surface area contributed by atoms with Crippen LogP contribution in [0.1, 0.15) is 29.7 Å². The summed E-state index contributed by atoms with van der Waals surface area (Å²) in [6.07, 6.45) is 1.60. The van der Waals surface area contributed by atoms with Crippen LogP contribution in [0.25, 0.3) is 0 Å². The third kappa shape index (κ3) is 3.34. The summed E-state index contributed by atoms with van der Waals surface area (Å²) in [5, 5.41) is 0.147. The quantitative estimate of drug-likeness (QED) is 0.887. The van der Waals surface area contributed by atoms with Crippen LogP contribution < -0.4 is 5.73 Å². The molecule has 1 nitrogen and oxygen atoms in total. The number of nitrogens with two attached hydrogens (primary N) is 1. The van der Waals surface area contributed by atoms with E-state index in [1.807, 2.05) is 12.1 Å². The molecule has 2 aromatic carbocycles. The van der Waals surface area contributed by atoms with Gasteiger partial charge in [-0.25, -0.2) is 4.39 Å². The van der Waals surface area contributed by atoms with Gasteiger partial charge in [0.25, 0.3) is 0 Å². The van der Waals surface area contributed by atoms with Crippen molar-refractivity contribution in [2.45, 2.75) is 25.8 Å². The number of hydrogen-bond donors (Lipinski definition) is 1. The van der Waals surface area contributed by atoms with Gasteiger partial charge < -0.3 is 5.73 Å². The van der Waals surface area contributed by atoms with Gasteiger partial charge in [-0.15, -0.1) is 0 Å². The van der Waals surface area contributed by atoms with Gasteiger partial charge in [0.1, 0.15) is 5.82 Å². The van der Waals surface area contributed by atoms with Gasteiger partial charge in [0.05, 0.1) is 5.02 Å². The summed E-state index contributed by atoms with van der Waals surface area (Å²) in [4.78, 5) is 0. The lowest BCUT2D eigenvalue weighted by molar-refractivity contribution is 0.626. The maximum absolute atomic E-state index is 13.1. The van der Waals surface area contributed by atoms with E-state index in [4.69, 9.17) is 17.3 Å². The fourth-order valence-corrected chi connectivity index (χ4v) is 2.45. The molecule has 0 aromatic heterocycles. The summed E-state index contributed by atoms with van der Waals surface area (Å²) < 4.78 is 13.1. The van der Waals surface area contributed by atoms with E-state index in [0.29, 0.717) is 6.42 Å². The van der Waals surface area contributed by atoms with Gasteiger partial charge in [-0.3, -0.25) is 0 Å². The van der Waals surface area contributed by atoms with E-state index < -0.39 is 5.82 Å². The molecule has 0 heterocycles. The zero-order chi connectivity index (χ0) is 13.8. The zero-order valence-electron chi connectivity index (χ0n) is 10.9. The highest BCUT2D eigenvalue weighted by Crippen LogP contribution is 2.23. The SMILES string of the molecule is CCc1ccccc1C(N)Cc1ccc(F)c(Cl)c1. The van der Waals surface area contributed by atoms with Crippen LogP contribution in [0.3, 0.4) is 0 Å². The molecule has 0 fully saturated rings. The molecule has 100 valence electrons. The molecule has 1 unspecified atom stereocenters. The molecule has 0 aliphatic heterocycles. The Labute approximate surface area is 118 Å². The summed E-state index contributed by atoms with van der Waals surface area (Å²) in [5.74, 6) is -0.395. The zero-order valence-corrected chi connectivity index (χ0v) is 11.6. The third-order valence-corrected chi connectivity index (χ3v) is 3.56. The van der Waals surface area contributed by atoms with E-state index in [2.05, 4.69) is 19.1 Å². The molecule has 3 heteroatoms. The minimum Gasteiger partial charge on any atom is -0.324 e. The maximum Gasteiger partial charge on any atom is 0.141 e. The molecule has 0 aliphatic carbocycles. The monoisotopic (exact) mass is 277 g/mol. The first-order chi connectivity index (χ1) is 9.11. The van der Waals surface area contributed by atoms with Gasteiger partial charge in [-0.05, 0) is 41.7 Å². The molecule has 0 saturated heterocycles. The van der Waals surface area contributed by atoms with Crippen molar-refractivity contribution >= 4 is 11.6 Å². The van der Waals surface area contributed by atoms with Gasteiger partial charge >= 0.3 is 0 Å². The Balaban J connectivity index is 2.20. The lowest BCUT2D eigenvalue weighted by Crippen LogP contribution is -2.15. The minimum absolute atomic E-state index is 0.0994. The van der Waals surface area contributed by atoms with Crippen molar-refractivity contribution in [3.63, 3.8) is 0 Å². The molecule has 0 saturated carbocycles. The van der Waals surface area contributed by atoms with Gasteiger partial charge in [-0.1, -0.05) is 48.9 Å². The molecule has 2 N–H and O–H groups in total. The maximum atomic E-state index is 13.1. The Morgan fingerprint density at radius 1 is 1.21 bits per heavy atom. The van der Waals surface area contributed by atoms with E-state index in [9.17, 15) is 4.39 Å². The van der Waals surface area contributed by atoms with Gasteiger partial charge in [0.15, 0.2) is 0 Å². The molecule has 0 radical (unpaired) electrons. The van der Waals surface area contributed by atoms with Crippen molar-refractivity contribution in [1.29, 1.82) is 0 Å². The second kappa shape index (κ2) is 6.18. The largest absolute Gasteiger partial charge is 0.324 e. The second-order valence-corrected chi connectivity index (χ2v) is 5.02. The molecule has 2 aromatic rings. The van der Waals surface area contributed by atoms with E-state index >= 15 is 0 Å². The first-order valence-corrected chi connectivity index (χ1v) is 6.77. The third-order valence-electron chi connectivity index (χ3n) is 3.28. The van der Waals surface area contributed by atoms with E-state index in [1.165, 1.54) is 11.6 Å². The van der Waals surface area contributed by atoms with Crippen molar-refractivity contribution in [2.75, 3.05) is 0 Å². The fourth-order valence-electron chi connectivity index (χ4n) is 2.25. The Morgan fingerprint density at radius 2 is 1.95 bits per heavy atom. The second-order valence-electron chi connectivity index (χ2n) is 4.61. The Kier molecular flexibility index (Phi) is 4.56. The van der Waals surface area contributed by atoms with Crippen molar-refractivity contribution < 1.29 is 4.39 Å². The average molecular weight is 278 g/mol. The normalized spacial score (nSPS) is 12.4. The highest BCUT2D eigenvalue weighted by molar-refractivity contribution is 6.30. The minimum atomic E-state index is -0.395. The Bertz CT molecular complexity index is 568. The number of aryl methyl sites for hydroxylation is 1. The van der Waals surface area contributed by atoms with Crippen molar-refractivity contribution in [3.05, 3.63) is 70.0 Å². The summed E-state index contributed by atoms with van der Waals surface area (Å²) in [6, 6.07) is 12.8. The van der Waals surface area contributed by atoms with Crippen molar-refractivity contribution in [3.8, 4) is 0 Å². The highest BCUT2D eigenvalue weighted by Gasteiger charge is 2.11. The highest BCUT2D eigenvalue weighted by atomic mass is 35.5. The van der Waals surface area contributed by atoms with E-state index in [0.717, 1.165) is 17.5 Å². The van der Waals surface area contributed by atoms with Crippen LogP contribution in [0.4, 0.5) is 4.39 Å². The molecule has 0 spiro atoms. The predicted octanol–water partition coefficient (Wildman–Crippen LogP) is 4.28. The van der Waals surface area contributed by atoms with Gasteiger partial charge in [0, 0.05) is 6.04 Å². The van der Waals surface area contributed by atoms with Crippen LogP contribution in [-0.2, 0) is 12.8 Å². The number of halogens is 2. The van der Waals surface area contributed by atoms with Crippen LogP contribution in [0.2, 0.25) is 5.02 Å². The van der Waals surface area contributed by atoms with E-state index in [1.54, 1.807) is 12.1 Å². The van der Waals surface area contributed by atoms with Crippen LogP contribution in [0.5, 0.6) is 0 Å². The van der Waals surface area contributed by atoms with Crippen molar-refractivity contribution in [1.82, 2.24) is 0 Å². The number of hydrogen-bond acceptors (Lipinski definition) is 1. The van der Waals surface area contributed by atoms with Crippen LogP contribution >= 0.6 is 11.6 Å². The van der Waals surface area contributed by atoms with E-state index in [-0.39, 0.29) is 11.1 Å². The van der Waals surface area contributed by atoms with Gasteiger partial charge in [0.2, 0.25) is 0 Å². The van der Waals surface area contributed by atoms with Crippen LogP contribution in [-0.4, -0.2) is 0 Å². The Morgan fingerprint density at radius 3 is 2.63 bits per heavy atom. The lowest BCUT2D eigenvalue weighted by Gasteiger charge is -2.16. The first kappa shape index (κ1) is 14.0. The predicted molar refractivity (Wildman–Crippen MR) is 77.9 cm³/mol. The summed E-state index contributed by atoms with van der Waals surface area (Å²) in [5.41, 5.74) is 9.60. The molecule has 0 aliphatic rings.